The summed E-state index contributed by atoms with van der Waals surface area (Å²) in [4.78, 5) is 41.2. The Morgan fingerprint density at radius 1 is 1.09 bits per heavy atom. The van der Waals surface area contributed by atoms with Crippen LogP contribution in [0.3, 0.4) is 0 Å². The van der Waals surface area contributed by atoms with E-state index in [1.165, 1.54) is 6.08 Å². The fourth-order valence-electron chi connectivity index (χ4n) is 4.57. The Morgan fingerprint density at radius 3 is 2.72 bits per heavy atom. The molecule has 0 fully saturated rings. The molecule has 1 aliphatic heterocycles. The van der Waals surface area contributed by atoms with Crippen LogP contribution in [0.4, 0.5) is 33.6 Å². The van der Waals surface area contributed by atoms with Gasteiger partial charge in [-0.15, -0.1) is 0 Å². The topological polar surface area (TPSA) is 121 Å². The predicted octanol–water partition coefficient (Wildman–Crippen LogP) is 4.39. The molecule has 2 aromatic heterocycles. The van der Waals surface area contributed by atoms with E-state index in [4.69, 9.17) is 9.72 Å². The lowest BCUT2D eigenvalue weighted by molar-refractivity contribution is -0.111. The Kier molecular flexibility index (Phi) is 9.39. The van der Waals surface area contributed by atoms with Crippen molar-refractivity contribution in [1.29, 1.82) is 0 Å². The lowest BCUT2D eigenvalue weighted by Crippen LogP contribution is -2.45. The summed E-state index contributed by atoms with van der Waals surface area (Å²) >= 11 is 0. The number of hydrogen-bond donors (Lipinski definition) is 2. The number of ether oxygens (including phenoxy) is 1. The van der Waals surface area contributed by atoms with Crippen LogP contribution in [0.25, 0.3) is 0 Å². The Hall–Kier alpha value is -5.07. The van der Waals surface area contributed by atoms with E-state index < -0.39 is 0 Å². The van der Waals surface area contributed by atoms with Crippen LogP contribution >= 0.6 is 0 Å². The molecule has 0 saturated heterocycles. The molecule has 4 aromatic rings. The zero-order valence-corrected chi connectivity index (χ0v) is 24.5. The number of benzene rings is 2. The van der Waals surface area contributed by atoms with Gasteiger partial charge in [0.25, 0.3) is 0 Å². The highest BCUT2D eigenvalue weighted by Crippen LogP contribution is 2.35. The monoisotopic (exact) mass is 581 g/mol. The fourth-order valence-corrected chi connectivity index (χ4v) is 4.57. The summed E-state index contributed by atoms with van der Waals surface area (Å²) in [6.07, 6.45) is 8.54. The molecule has 2 N–H and O–H groups in total. The van der Waals surface area contributed by atoms with Gasteiger partial charge in [0.15, 0.2) is 5.82 Å². The maximum absolute atomic E-state index is 14.0. The summed E-state index contributed by atoms with van der Waals surface area (Å²) in [6, 6.07) is 16.8. The molecule has 0 spiro atoms. The second-order valence-electron chi connectivity index (χ2n) is 10.3. The number of nitrogens with zero attached hydrogens (tertiary/aromatic N) is 7. The van der Waals surface area contributed by atoms with Gasteiger partial charge in [-0.05, 0) is 37.9 Å². The minimum atomic E-state index is -0.255. The van der Waals surface area contributed by atoms with Gasteiger partial charge < -0.3 is 25.2 Å². The standard InChI is InChI=1S/C31H35N9O3/c1-37(2)14-8-13-28(41)34-25-11-7-12-27(17-25)40-29-24(21-38(31(40)42)20-23-9-5-4-6-10-23)18-32-30(36-29)35-26-19-33-39(22-26)15-16-43-3/h4-13,17-19,22H,14-16,20-21H2,1-3H3,(H,34,41)(H,32,35,36)/b13-8+. The number of urea groups is 1. The van der Waals surface area contributed by atoms with Crippen LogP contribution < -0.4 is 15.5 Å². The van der Waals surface area contributed by atoms with Crippen LogP contribution in [0.1, 0.15) is 11.1 Å². The van der Waals surface area contributed by atoms with Crippen molar-refractivity contribution in [3.8, 4) is 0 Å². The molecule has 0 bridgehead atoms. The van der Waals surface area contributed by atoms with Crippen LogP contribution in [0.5, 0.6) is 0 Å². The first-order valence-electron chi connectivity index (χ1n) is 13.9. The Morgan fingerprint density at radius 2 is 1.93 bits per heavy atom. The molecule has 0 unspecified atom stereocenters. The molecule has 0 saturated carbocycles. The highest BCUT2D eigenvalue weighted by molar-refractivity contribution is 6.03. The first kappa shape index (κ1) is 29.4. The van der Waals surface area contributed by atoms with Gasteiger partial charge in [0.1, 0.15) is 0 Å². The van der Waals surface area contributed by atoms with Crippen LogP contribution in [-0.2, 0) is 29.2 Å². The third kappa shape index (κ3) is 7.61. The van der Waals surface area contributed by atoms with Crippen molar-refractivity contribution in [2.45, 2.75) is 19.6 Å². The quantitative estimate of drug-likeness (QED) is 0.236. The van der Waals surface area contributed by atoms with Gasteiger partial charge in [-0.2, -0.15) is 10.1 Å². The normalized spacial score (nSPS) is 13.1. The van der Waals surface area contributed by atoms with Gasteiger partial charge in [0.05, 0.1) is 37.3 Å². The molecule has 0 aliphatic carbocycles. The number of carbonyl (C=O) groups is 2. The zero-order valence-electron chi connectivity index (χ0n) is 24.5. The summed E-state index contributed by atoms with van der Waals surface area (Å²) in [7, 11) is 5.51. The second-order valence-corrected chi connectivity index (χ2v) is 10.3. The van der Waals surface area contributed by atoms with Crippen molar-refractivity contribution in [3.63, 3.8) is 0 Å². The minimum absolute atomic E-state index is 0.234. The molecule has 1 aliphatic rings. The number of methoxy groups -OCH3 is 1. The van der Waals surface area contributed by atoms with Gasteiger partial charge in [-0.1, -0.05) is 42.5 Å². The second kappa shape index (κ2) is 13.7. The Balaban J connectivity index is 1.45. The number of likely N-dealkylation sites (N-methyl/N-ethyl adjacent to an activating group) is 1. The minimum Gasteiger partial charge on any atom is -0.383 e. The molecule has 12 nitrogen and oxygen atoms in total. The fraction of sp³-hybridized carbons (Fsp3) is 0.258. The Bertz CT molecular complexity index is 1590. The smallest absolute Gasteiger partial charge is 0.330 e. The number of amides is 3. The molecule has 3 amide bonds. The van der Waals surface area contributed by atoms with E-state index in [1.807, 2.05) is 61.6 Å². The van der Waals surface area contributed by atoms with Crippen LogP contribution in [0.2, 0.25) is 0 Å². The lowest BCUT2D eigenvalue weighted by atomic mass is 10.1. The third-order valence-corrected chi connectivity index (χ3v) is 6.62. The molecule has 3 heterocycles. The molecule has 0 radical (unpaired) electrons. The van der Waals surface area contributed by atoms with E-state index in [1.54, 1.807) is 58.3 Å². The highest BCUT2D eigenvalue weighted by atomic mass is 16.5. The maximum atomic E-state index is 14.0. The Labute approximate surface area is 250 Å². The van der Waals surface area contributed by atoms with Crippen LogP contribution in [0, 0.1) is 0 Å². The van der Waals surface area contributed by atoms with Crippen molar-refractivity contribution in [3.05, 3.63) is 96.5 Å². The molecular formula is C31H35N9O3. The van der Waals surface area contributed by atoms with Crippen molar-refractivity contribution in [2.75, 3.05) is 49.9 Å². The maximum Gasteiger partial charge on any atom is 0.330 e. The number of rotatable bonds is 12. The zero-order chi connectivity index (χ0) is 30.2. The number of aromatic nitrogens is 4. The summed E-state index contributed by atoms with van der Waals surface area (Å²) in [6.45, 7) is 2.57. The average Bonchev–Trinajstić information content (AvgIpc) is 3.44. The highest BCUT2D eigenvalue weighted by Gasteiger charge is 2.33. The van der Waals surface area contributed by atoms with Gasteiger partial charge in [-0.3, -0.25) is 9.48 Å². The van der Waals surface area contributed by atoms with E-state index in [2.05, 4.69) is 20.7 Å². The molecule has 5 rings (SSSR count). The number of anilines is 5. The molecule has 12 heteroatoms. The van der Waals surface area contributed by atoms with E-state index in [0.717, 1.165) is 11.1 Å². The molecule has 0 atom stereocenters. The first-order chi connectivity index (χ1) is 20.9. The largest absolute Gasteiger partial charge is 0.383 e. The number of carbonyl (C=O) groups excluding carboxylic acids is 2. The van der Waals surface area contributed by atoms with Gasteiger partial charge in [0, 0.05) is 49.9 Å². The van der Waals surface area contributed by atoms with E-state index in [9.17, 15) is 9.59 Å². The van der Waals surface area contributed by atoms with Crippen LogP contribution in [0.15, 0.2) is 85.3 Å². The molecule has 222 valence electrons. The SMILES string of the molecule is COCCn1cc(Nc2ncc3c(n2)N(c2cccc(NC(=O)/C=C/CN(C)C)c2)C(=O)N(Cc2ccccc2)C3)cn1. The number of nitrogens with one attached hydrogen (secondary N) is 2. The van der Waals surface area contributed by atoms with Gasteiger partial charge in [-0.25, -0.2) is 14.7 Å². The van der Waals surface area contributed by atoms with Crippen LogP contribution in [-0.4, -0.2) is 75.8 Å². The molecule has 2 aromatic carbocycles. The molecule has 43 heavy (non-hydrogen) atoms. The summed E-state index contributed by atoms with van der Waals surface area (Å²) < 4.78 is 6.89. The van der Waals surface area contributed by atoms with E-state index in [-0.39, 0.29) is 11.9 Å². The van der Waals surface area contributed by atoms with Crippen molar-refractivity contribution >= 4 is 40.8 Å². The van der Waals surface area contributed by atoms with Crippen molar-refractivity contribution in [2.24, 2.45) is 0 Å². The lowest BCUT2D eigenvalue weighted by Gasteiger charge is -2.36. The van der Waals surface area contributed by atoms with Crippen molar-refractivity contribution < 1.29 is 14.3 Å². The van der Waals surface area contributed by atoms with Crippen molar-refractivity contribution in [1.82, 2.24) is 29.5 Å². The van der Waals surface area contributed by atoms with E-state index >= 15 is 0 Å². The van der Waals surface area contributed by atoms with Gasteiger partial charge >= 0.3 is 6.03 Å². The number of fused-ring (bicyclic) bond motifs is 1. The average molecular weight is 582 g/mol. The van der Waals surface area contributed by atoms with Gasteiger partial charge in [0.2, 0.25) is 11.9 Å². The summed E-state index contributed by atoms with van der Waals surface area (Å²) in [5.74, 6) is 0.540. The third-order valence-electron chi connectivity index (χ3n) is 6.62. The summed E-state index contributed by atoms with van der Waals surface area (Å²) in [5, 5.41) is 10.4. The molecular weight excluding hydrogens is 546 g/mol. The first-order valence-corrected chi connectivity index (χ1v) is 13.9. The predicted molar refractivity (Wildman–Crippen MR) is 165 cm³/mol. The number of hydrogen-bond acceptors (Lipinski definition) is 8. The van der Waals surface area contributed by atoms with E-state index in [0.29, 0.717) is 61.6 Å². The summed E-state index contributed by atoms with van der Waals surface area (Å²) in [5.41, 5.74) is 3.63.